The van der Waals surface area contributed by atoms with Crippen LogP contribution in [0, 0.1) is 11.8 Å². The number of aliphatic imine (C=N–C) groups is 1. The molecule has 0 aliphatic heterocycles. The number of hydrogen-bond donors (Lipinski definition) is 0. The van der Waals surface area contributed by atoms with Crippen LogP contribution in [0.5, 0.6) is 0 Å². The fraction of sp³-hybridized carbons (Fsp3) is 0.933. The molecule has 1 saturated carbocycles. The van der Waals surface area contributed by atoms with Crippen LogP contribution in [0.4, 0.5) is 0 Å². The van der Waals surface area contributed by atoms with Crippen molar-refractivity contribution in [1.29, 1.82) is 0 Å². The van der Waals surface area contributed by atoms with E-state index in [0.717, 1.165) is 11.8 Å². The second-order valence-electron chi connectivity index (χ2n) is 5.23. The highest BCUT2D eigenvalue weighted by atomic mass is 14.7. The SMILES string of the molecule is CCCCC(CC)/C(=N\C)C1CCCCC1. The summed E-state index contributed by atoms with van der Waals surface area (Å²) in [6, 6.07) is 0. The Morgan fingerprint density at radius 3 is 2.38 bits per heavy atom. The van der Waals surface area contributed by atoms with Crippen LogP contribution in [-0.2, 0) is 0 Å². The Morgan fingerprint density at radius 2 is 1.88 bits per heavy atom. The van der Waals surface area contributed by atoms with Gasteiger partial charge in [0.1, 0.15) is 0 Å². The second kappa shape index (κ2) is 7.86. The molecule has 1 aliphatic carbocycles. The van der Waals surface area contributed by atoms with Crippen molar-refractivity contribution in [2.75, 3.05) is 7.05 Å². The minimum atomic E-state index is 0.771. The molecule has 0 aromatic carbocycles. The Kier molecular flexibility index (Phi) is 6.75. The highest BCUT2D eigenvalue weighted by Crippen LogP contribution is 2.30. The third-order valence-corrected chi connectivity index (χ3v) is 4.10. The van der Waals surface area contributed by atoms with E-state index in [1.54, 1.807) is 5.71 Å². The molecule has 0 aromatic rings. The zero-order chi connectivity index (χ0) is 11.8. The lowest BCUT2D eigenvalue weighted by Crippen LogP contribution is -2.25. The Balaban J connectivity index is 2.55. The van der Waals surface area contributed by atoms with Crippen molar-refractivity contribution in [2.24, 2.45) is 16.8 Å². The fourth-order valence-corrected chi connectivity index (χ4v) is 3.11. The first-order valence-corrected chi connectivity index (χ1v) is 7.30. The molecule has 0 aromatic heterocycles. The van der Waals surface area contributed by atoms with Gasteiger partial charge in [-0.05, 0) is 37.5 Å². The average Bonchev–Trinajstić information content (AvgIpc) is 2.35. The van der Waals surface area contributed by atoms with Crippen molar-refractivity contribution in [3.05, 3.63) is 0 Å². The molecule has 1 unspecified atom stereocenters. The maximum Gasteiger partial charge on any atom is 0.0276 e. The lowest BCUT2D eigenvalue weighted by Gasteiger charge is -2.28. The van der Waals surface area contributed by atoms with E-state index in [1.165, 1.54) is 57.8 Å². The zero-order valence-electron chi connectivity index (χ0n) is 11.5. The molecule has 0 saturated heterocycles. The minimum absolute atomic E-state index is 0.771. The van der Waals surface area contributed by atoms with Crippen molar-refractivity contribution >= 4 is 5.71 Å². The van der Waals surface area contributed by atoms with Gasteiger partial charge in [0.05, 0.1) is 0 Å². The van der Waals surface area contributed by atoms with E-state index in [4.69, 9.17) is 0 Å². The molecule has 0 N–H and O–H groups in total. The molecule has 1 aliphatic rings. The van der Waals surface area contributed by atoms with Crippen LogP contribution in [0.3, 0.4) is 0 Å². The highest BCUT2D eigenvalue weighted by Gasteiger charge is 2.24. The molecule has 0 heterocycles. The Morgan fingerprint density at radius 1 is 1.19 bits per heavy atom. The van der Waals surface area contributed by atoms with Crippen LogP contribution >= 0.6 is 0 Å². The molecule has 1 nitrogen and oxygen atoms in total. The van der Waals surface area contributed by atoms with E-state index >= 15 is 0 Å². The van der Waals surface area contributed by atoms with Crippen LogP contribution in [-0.4, -0.2) is 12.8 Å². The lowest BCUT2D eigenvalue weighted by molar-refractivity contribution is 0.416. The van der Waals surface area contributed by atoms with Gasteiger partial charge in [0, 0.05) is 12.8 Å². The summed E-state index contributed by atoms with van der Waals surface area (Å²) >= 11 is 0. The van der Waals surface area contributed by atoms with Crippen LogP contribution in [0.1, 0.15) is 71.6 Å². The Bertz CT molecular complexity index is 201. The molecule has 0 spiro atoms. The minimum Gasteiger partial charge on any atom is -0.297 e. The summed E-state index contributed by atoms with van der Waals surface area (Å²) in [5, 5.41) is 0. The first-order valence-electron chi connectivity index (χ1n) is 7.30. The first kappa shape index (κ1) is 13.7. The van der Waals surface area contributed by atoms with Crippen LogP contribution < -0.4 is 0 Å². The average molecular weight is 223 g/mol. The summed E-state index contributed by atoms with van der Waals surface area (Å²) < 4.78 is 0. The molecule has 1 heteroatoms. The van der Waals surface area contributed by atoms with E-state index in [2.05, 4.69) is 18.8 Å². The maximum absolute atomic E-state index is 4.65. The molecule has 0 bridgehead atoms. The summed E-state index contributed by atoms with van der Waals surface area (Å²) in [4.78, 5) is 4.65. The van der Waals surface area contributed by atoms with E-state index in [1.807, 2.05) is 7.05 Å². The molecular weight excluding hydrogens is 194 g/mol. The Hall–Kier alpha value is -0.330. The summed E-state index contributed by atoms with van der Waals surface area (Å²) in [5.74, 6) is 1.59. The standard InChI is InChI=1S/C15H29N/c1-4-6-10-13(5-2)15(16-3)14-11-8-7-9-12-14/h13-14H,4-12H2,1-3H3/b16-15+. The zero-order valence-corrected chi connectivity index (χ0v) is 11.5. The molecule has 1 atom stereocenters. The molecule has 94 valence electrons. The van der Waals surface area contributed by atoms with Gasteiger partial charge < -0.3 is 0 Å². The third-order valence-electron chi connectivity index (χ3n) is 4.10. The molecule has 0 amide bonds. The van der Waals surface area contributed by atoms with E-state index < -0.39 is 0 Å². The van der Waals surface area contributed by atoms with Crippen molar-refractivity contribution < 1.29 is 0 Å². The lowest BCUT2D eigenvalue weighted by atomic mass is 9.78. The van der Waals surface area contributed by atoms with Gasteiger partial charge >= 0.3 is 0 Å². The van der Waals surface area contributed by atoms with Gasteiger partial charge in [-0.15, -0.1) is 0 Å². The normalized spacial score (nSPS) is 21.1. The molecule has 1 fully saturated rings. The van der Waals surface area contributed by atoms with Gasteiger partial charge in [-0.1, -0.05) is 46.0 Å². The van der Waals surface area contributed by atoms with Crippen LogP contribution in [0.15, 0.2) is 4.99 Å². The molecular formula is C15H29N. The highest BCUT2D eigenvalue weighted by molar-refractivity contribution is 5.89. The van der Waals surface area contributed by atoms with Gasteiger partial charge in [-0.25, -0.2) is 0 Å². The predicted molar refractivity (Wildman–Crippen MR) is 73.2 cm³/mol. The van der Waals surface area contributed by atoms with Gasteiger partial charge in [0.25, 0.3) is 0 Å². The smallest absolute Gasteiger partial charge is 0.0276 e. The summed E-state index contributed by atoms with van der Waals surface area (Å²) in [6.45, 7) is 4.62. The topological polar surface area (TPSA) is 12.4 Å². The van der Waals surface area contributed by atoms with Crippen molar-refractivity contribution in [1.82, 2.24) is 0 Å². The van der Waals surface area contributed by atoms with Crippen molar-refractivity contribution in [2.45, 2.75) is 71.6 Å². The molecule has 16 heavy (non-hydrogen) atoms. The summed E-state index contributed by atoms with van der Waals surface area (Å²) in [5.41, 5.74) is 1.55. The number of nitrogens with zero attached hydrogens (tertiary/aromatic N) is 1. The first-order chi connectivity index (χ1) is 7.83. The van der Waals surface area contributed by atoms with Crippen LogP contribution in [0.2, 0.25) is 0 Å². The maximum atomic E-state index is 4.65. The number of hydrogen-bond acceptors (Lipinski definition) is 1. The second-order valence-corrected chi connectivity index (χ2v) is 5.23. The molecule has 0 radical (unpaired) electrons. The third kappa shape index (κ3) is 3.92. The van der Waals surface area contributed by atoms with Gasteiger partial charge in [0.15, 0.2) is 0 Å². The van der Waals surface area contributed by atoms with Gasteiger partial charge in [-0.2, -0.15) is 0 Å². The van der Waals surface area contributed by atoms with Crippen molar-refractivity contribution in [3.63, 3.8) is 0 Å². The number of rotatable bonds is 6. The predicted octanol–water partition coefficient (Wildman–Crippen LogP) is 4.85. The number of unbranched alkanes of at least 4 members (excludes halogenated alkanes) is 1. The van der Waals surface area contributed by atoms with Gasteiger partial charge in [0.2, 0.25) is 0 Å². The summed E-state index contributed by atoms with van der Waals surface area (Å²) in [6.07, 6.45) is 12.4. The van der Waals surface area contributed by atoms with Crippen molar-refractivity contribution in [3.8, 4) is 0 Å². The Labute approximate surface area is 102 Å². The summed E-state index contributed by atoms with van der Waals surface area (Å²) in [7, 11) is 2.01. The monoisotopic (exact) mass is 223 g/mol. The quantitative estimate of drug-likeness (QED) is 0.571. The fourth-order valence-electron chi connectivity index (χ4n) is 3.11. The molecule has 1 rings (SSSR count). The van der Waals surface area contributed by atoms with E-state index in [-0.39, 0.29) is 0 Å². The van der Waals surface area contributed by atoms with Gasteiger partial charge in [-0.3, -0.25) is 4.99 Å². The van der Waals surface area contributed by atoms with E-state index in [9.17, 15) is 0 Å². The largest absolute Gasteiger partial charge is 0.297 e. The van der Waals surface area contributed by atoms with Crippen LogP contribution in [0.25, 0.3) is 0 Å². The van der Waals surface area contributed by atoms with E-state index in [0.29, 0.717) is 0 Å².